The first-order chi connectivity index (χ1) is 10.2. The van der Waals surface area contributed by atoms with Crippen molar-refractivity contribution in [2.45, 2.75) is 37.2 Å². The predicted octanol–water partition coefficient (Wildman–Crippen LogP) is 4.24. The minimum Gasteiger partial charge on any atom is -0.497 e. The Morgan fingerprint density at radius 1 is 1.00 bits per heavy atom. The van der Waals surface area contributed by atoms with E-state index in [9.17, 15) is 5.11 Å². The van der Waals surface area contributed by atoms with E-state index in [1.165, 1.54) is 5.56 Å². The summed E-state index contributed by atoms with van der Waals surface area (Å²) in [6.45, 7) is 0. The third-order valence-electron chi connectivity index (χ3n) is 4.69. The minimum absolute atomic E-state index is 0.567. The molecule has 0 heterocycles. The molecular formula is C19H22O2. The minimum atomic E-state index is -0.709. The van der Waals surface area contributed by atoms with Crippen LogP contribution in [0.3, 0.4) is 0 Å². The van der Waals surface area contributed by atoms with E-state index >= 15 is 0 Å². The molecule has 1 N–H and O–H groups in total. The second-order valence-electron chi connectivity index (χ2n) is 5.95. The van der Waals surface area contributed by atoms with E-state index in [1.807, 2.05) is 24.3 Å². The second kappa shape index (κ2) is 5.90. The number of benzene rings is 2. The van der Waals surface area contributed by atoms with Gasteiger partial charge in [0.1, 0.15) is 5.75 Å². The Morgan fingerprint density at radius 3 is 2.38 bits per heavy atom. The first-order valence-electron chi connectivity index (χ1n) is 7.63. The summed E-state index contributed by atoms with van der Waals surface area (Å²) < 4.78 is 5.27. The van der Waals surface area contributed by atoms with Gasteiger partial charge in [0, 0.05) is 0 Å². The van der Waals surface area contributed by atoms with Crippen molar-refractivity contribution in [3.63, 3.8) is 0 Å². The lowest BCUT2D eigenvalue weighted by molar-refractivity contribution is -0.00581. The summed E-state index contributed by atoms with van der Waals surface area (Å²) in [4.78, 5) is 0. The molecule has 1 aliphatic rings. The molecule has 0 radical (unpaired) electrons. The van der Waals surface area contributed by atoms with Gasteiger partial charge in [-0.25, -0.2) is 0 Å². The van der Waals surface area contributed by atoms with Crippen LogP contribution in [0.1, 0.15) is 42.7 Å². The van der Waals surface area contributed by atoms with Crippen LogP contribution in [0.4, 0.5) is 0 Å². The van der Waals surface area contributed by atoms with Crippen molar-refractivity contribution >= 4 is 0 Å². The molecular weight excluding hydrogens is 260 g/mol. The van der Waals surface area contributed by atoms with E-state index in [4.69, 9.17) is 4.74 Å². The van der Waals surface area contributed by atoms with Gasteiger partial charge >= 0.3 is 0 Å². The Bertz CT molecular complexity index is 584. The van der Waals surface area contributed by atoms with Crippen LogP contribution < -0.4 is 4.74 Å². The molecule has 1 saturated carbocycles. The molecule has 2 aromatic rings. The summed E-state index contributed by atoms with van der Waals surface area (Å²) in [5, 5.41) is 11.0. The molecule has 0 bridgehead atoms. The number of rotatable bonds is 3. The van der Waals surface area contributed by atoms with Crippen LogP contribution in [0, 0.1) is 0 Å². The van der Waals surface area contributed by atoms with Crippen molar-refractivity contribution in [1.82, 2.24) is 0 Å². The molecule has 2 aromatic carbocycles. The normalized spacial score (nSPS) is 25.5. The van der Waals surface area contributed by atoms with Gasteiger partial charge in [0.05, 0.1) is 12.7 Å². The first-order valence-corrected chi connectivity index (χ1v) is 7.63. The molecule has 0 aromatic heterocycles. The Morgan fingerprint density at radius 2 is 1.71 bits per heavy atom. The lowest BCUT2D eigenvalue weighted by atomic mass is 9.73. The van der Waals surface area contributed by atoms with Gasteiger partial charge in [0.15, 0.2) is 0 Å². The zero-order valence-corrected chi connectivity index (χ0v) is 12.5. The fourth-order valence-corrected chi connectivity index (χ4v) is 3.36. The van der Waals surface area contributed by atoms with Gasteiger partial charge in [-0.3, -0.25) is 0 Å². The van der Waals surface area contributed by atoms with Gasteiger partial charge in [-0.05, 0) is 54.9 Å². The summed E-state index contributed by atoms with van der Waals surface area (Å²) in [5.74, 6) is 1.38. The zero-order valence-electron chi connectivity index (χ0n) is 12.5. The fraction of sp³-hybridized carbons (Fsp3) is 0.368. The van der Waals surface area contributed by atoms with Crippen LogP contribution in [0.25, 0.3) is 0 Å². The number of hydrogen-bond acceptors (Lipinski definition) is 2. The average Bonchev–Trinajstić information content (AvgIpc) is 2.56. The molecule has 1 aliphatic carbocycles. The maximum Gasteiger partial charge on any atom is 0.119 e. The smallest absolute Gasteiger partial charge is 0.119 e. The summed E-state index contributed by atoms with van der Waals surface area (Å²) in [6.07, 6.45) is 3.66. The highest BCUT2D eigenvalue weighted by Crippen LogP contribution is 2.43. The maximum atomic E-state index is 11.0. The Hall–Kier alpha value is -1.80. The highest BCUT2D eigenvalue weighted by molar-refractivity contribution is 5.33. The lowest BCUT2D eigenvalue weighted by Crippen LogP contribution is -2.30. The van der Waals surface area contributed by atoms with Crippen LogP contribution in [-0.2, 0) is 5.60 Å². The van der Waals surface area contributed by atoms with E-state index in [0.717, 1.165) is 37.0 Å². The Labute approximate surface area is 126 Å². The van der Waals surface area contributed by atoms with Gasteiger partial charge in [-0.1, -0.05) is 42.5 Å². The van der Waals surface area contributed by atoms with E-state index < -0.39 is 5.60 Å². The summed E-state index contributed by atoms with van der Waals surface area (Å²) >= 11 is 0. The van der Waals surface area contributed by atoms with Crippen LogP contribution in [0.15, 0.2) is 54.6 Å². The number of ether oxygens (including phenoxy) is 1. The quantitative estimate of drug-likeness (QED) is 0.912. The molecule has 2 heteroatoms. The van der Waals surface area contributed by atoms with Crippen molar-refractivity contribution in [2.75, 3.05) is 7.11 Å². The molecule has 21 heavy (non-hydrogen) atoms. The third kappa shape index (κ3) is 2.96. The van der Waals surface area contributed by atoms with E-state index in [1.54, 1.807) is 7.11 Å². The molecule has 2 nitrogen and oxygen atoms in total. The van der Waals surface area contributed by atoms with Crippen molar-refractivity contribution in [3.8, 4) is 5.75 Å². The van der Waals surface area contributed by atoms with Gasteiger partial charge in [0.2, 0.25) is 0 Å². The zero-order chi connectivity index (χ0) is 14.7. The average molecular weight is 282 g/mol. The standard InChI is InChI=1S/C19H22O2/c1-21-18-9-5-8-17(14-18)19(20)12-10-16(11-13-19)15-6-3-2-4-7-15/h2-9,14,16,20H,10-13H2,1H3. The Kier molecular flexibility index (Phi) is 3.98. The van der Waals surface area contributed by atoms with E-state index in [0.29, 0.717) is 5.92 Å². The second-order valence-corrected chi connectivity index (χ2v) is 5.95. The van der Waals surface area contributed by atoms with E-state index in [-0.39, 0.29) is 0 Å². The van der Waals surface area contributed by atoms with Crippen molar-refractivity contribution < 1.29 is 9.84 Å². The van der Waals surface area contributed by atoms with Crippen molar-refractivity contribution in [1.29, 1.82) is 0 Å². The van der Waals surface area contributed by atoms with Crippen LogP contribution in [0.5, 0.6) is 5.75 Å². The van der Waals surface area contributed by atoms with Gasteiger partial charge in [0.25, 0.3) is 0 Å². The highest BCUT2D eigenvalue weighted by atomic mass is 16.5. The molecule has 0 spiro atoms. The number of aliphatic hydroxyl groups is 1. The van der Waals surface area contributed by atoms with Crippen LogP contribution >= 0.6 is 0 Å². The van der Waals surface area contributed by atoms with Gasteiger partial charge < -0.3 is 9.84 Å². The summed E-state index contributed by atoms with van der Waals surface area (Å²) in [7, 11) is 1.66. The van der Waals surface area contributed by atoms with E-state index in [2.05, 4.69) is 30.3 Å². The molecule has 0 saturated heterocycles. The number of hydrogen-bond donors (Lipinski definition) is 1. The van der Waals surface area contributed by atoms with Crippen LogP contribution in [-0.4, -0.2) is 12.2 Å². The molecule has 0 atom stereocenters. The van der Waals surface area contributed by atoms with Crippen molar-refractivity contribution in [2.24, 2.45) is 0 Å². The topological polar surface area (TPSA) is 29.5 Å². The van der Waals surface area contributed by atoms with Gasteiger partial charge in [-0.15, -0.1) is 0 Å². The molecule has 0 unspecified atom stereocenters. The molecule has 0 aliphatic heterocycles. The predicted molar refractivity (Wildman–Crippen MR) is 84.5 cm³/mol. The molecule has 3 rings (SSSR count). The molecule has 110 valence electrons. The highest BCUT2D eigenvalue weighted by Gasteiger charge is 2.35. The maximum absolute atomic E-state index is 11.0. The molecule has 1 fully saturated rings. The largest absolute Gasteiger partial charge is 0.497 e. The fourth-order valence-electron chi connectivity index (χ4n) is 3.36. The summed E-state index contributed by atoms with van der Waals surface area (Å²) in [5.41, 5.74) is 1.67. The SMILES string of the molecule is COc1cccc(C2(O)CCC(c3ccccc3)CC2)c1. The first kappa shape index (κ1) is 14.2. The Balaban J connectivity index is 1.74. The van der Waals surface area contributed by atoms with Crippen molar-refractivity contribution in [3.05, 3.63) is 65.7 Å². The summed E-state index contributed by atoms with van der Waals surface area (Å²) in [6, 6.07) is 18.5. The van der Waals surface area contributed by atoms with Gasteiger partial charge in [-0.2, -0.15) is 0 Å². The monoisotopic (exact) mass is 282 g/mol. The third-order valence-corrected chi connectivity index (χ3v) is 4.69. The van der Waals surface area contributed by atoms with Crippen LogP contribution in [0.2, 0.25) is 0 Å². The molecule has 0 amide bonds. The lowest BCUT2D eigenvalue weighted by Gasteiger charge is -2.36. The number of methoxy groups -OCH3 is 1.